The molecule has 0 unspecified atom stereocenters. The van der Waals surface area contributed by atoms with Crippen molar-refractivity contribution >= 4 is 17.9 Å². The molecule has 0 bridgehead atoms. The zero-order valence-electron chi connectivity index (χ0n) is 42.6. The molecule has 64 heavy (non-hydrogen) atoms. The van der Waals surface area contributed by atoms with Gasteiger partial charge in [0.2, 0.25) is 0 Å². The smallest absolute Gasteiger partial charge is 0.306 e. The number of rotatable bonds is 50. The molecule has 0 saturated carbocycles. The average molecular weight is 897 g/mol. The molecule has 0 aliphatic carbocycles. The van der Waals surface area contributed by atoms with Crippen molar-refractivity contribution in [3.8, 4) is 0 Å². The summed E-state index contributed by atoms with van der Waals surface area (Å²) < 4.78 is 16.8. The molecule has 0 aromatic carbocycles. The van der Waals surface area contributed by atoms with E-state index in [1.165, 1.54) is 141 Å². The zero-order chi connectivity index (χ0) is 46.5. The summed E-state index contributed by atoms with van der Waals surface area (Å²) in [5.41, 5.74) is 0. The lowest BCUT2D eigenvalue weighted by atomic mass is 10.0. The van der Waals surface area contributed by atoms with Crippen molar-refractivity contribution in [1.82, 2.24) is 0 Å². The van der Waals surface area contributed by atoms with E-state index in [9.17, 15) is 14.4 Å². The number of esters is 3. The van der Waals surface area contributed by atoms with Gasteiger partial charge >= 0.3 is 17.9 Å². The van der Waals surface area contributed by atoms with Crippen molar-refractivity contribution in [1.29, 1.82) is 0 Å². The van der Waals surface area contributed by atoms with Gasteiger partial charge in [0.05, 0.1) is 0 Å². The third-order valence-electron chi connectivity index (χ3n) is 12.1. The van der Waals surface area contributed by atoms with Gasteiger partial charge in [0.25, 0.3) is 0 Å². The van der Waals surface area contributed by atoms with Crippen LogP contribution >= 0.6 is 0 Å². The highest BCUT2D eigenvalue weighted by Crippen LogP contribution is 2.16. The van der Waals surface area contributed by atoms with Crippen LogP contribution in [0.15, 0.2) is 48.6 Å². The van der Waals surface area contributed by atoms with E-state index in [0.717, 1.165) is 103 Å². The maximum atomic E-state index is 12.8. The number of carbonyl (C=O) groups is 3. The second-order valence-corrected chi connectivity index (χ2v) is 18.5. The Morgan fingerprint density at radius 3 is 0.969 bits per heavy atom. The summed E-state index contributed by atoms with van der Waals surface area (Å²) in [5, 5.41) is 0. The third kappa shape index (κ3) is 50.4. The van der Waals surface area contributed by atoms with E-state index in [0.29, 0.717) is 19.3 Å². The molecule has 0 aromatic rings. The highest BCUT2D eigenvalue weighted by molar-refractivity contribution is 5.71. The predicted molar refractivity (Wildman–Crippen MR) is 275 cm³/mol. The zero-order valence-corrected chi connectivity index (χ0v) is 42.6. The molecule has 1 atom stereocenters. The Hall–Kier alpha value is -2.63. The van der Waals surface area contributed by atoms with Crippen molar-refractivity contribution < 1.29 is 28.6 Å². The van der Waals surface area contributed by atoms with Crippen LogP contribution in [0, 0.1) is 0 Å². The van der Waals surface area contributed by atoms with Gasteiger partial charge in [-0.25, -0.2) is 0 Å². The first-order valence-electron chi connectivity index (χ1n) is 27.6. The van der Waals surface area contributed by atoms with Gasteiger partial charge in [0, 0.05) is 19.3 Å². The third-order valence-corrected chi connectivity index (χ3v) is 12.1. The molecule has 0 aromatic heterocycles. The molecule has 372 valence electrons. The second kappa shape index (κ2) is 53.0. The van der Waals surface area contributed by atoms with E-state index in [1.54, 1.807) is 0 Å². The van der Waals surface area contributed by atoms with Crippen LogP contribution < -0.4 is 0 Å². The van der Waals surface area contributed by atoms with E-state index in [-0.39, 0.29) is 31.1 Å². The summed E-state index contributed by atoms with van der Waals surface area (Å²) in [5.74, 6) is -0.894. The Labute approximate surface area is 397 Å². The van der Waals surface area contributed by atoms with Crippen molar-refractivity contribution in [3.05, 3.63) is 48.6 Å². The van der Waals surface area contributed by atoms with Gasteiger partial charge in [-0.05, 0) is 77.0 Å². The number of allylic oxidation sites excluding steroid dienone is 8. The van der Waals surface area contributed by atoms with Crippen LogP contribution in [-0.2, 0) is 28.6 Å². The maximum Gasteiger partial charge on any atom is 0.306 e. The molecule has 0 rings (SSSR count). The van der Waals surface area contributed by atoms with Crippen LogP contribution in [0.4, 0.5) is 0 Å². The first kappa shape index (κ1) is 61.4. The molecule has 0 radical (unpaired) electrons. The fourth-order valence-corrected chi connectivity index (χ4v) is 7.92. The molecule has 0 fully saturated rings. The maximum absolute atomic E-state index is 12.8. The minimum Gasteiger partial charge on any atom is -0.462 e. The lowest BCUT2D eigenvalue weighted by Gasteiger charge is -2.18. The first-order valence-corrected chi connectivity index (χ1v) is 27.6. The summed E-state index contributed by atoms with van der Waals surface area (Å²) in [6.07, 6.45) is 63.8. The summed E-state index contributed by atoms with van der Waals surface area (Å²) in [7, 11) is 0. The van der Waals surface area contributed by atoms with Gasteiger partial charge in [0.15, 0.2) is 6.10 Å². The SMILES string of the molecule is CC/C=C/C/C=C/C/C=C/CCCCCCCC(=O)O[C@H](COC(=O)CCCCCCC/C=C/CCCCCCC)COC(=O)CCCCCCCCCCCCCCCCCCC. The minimum atomic E-state index is -0.783. The van der Waals surface area contributed by atoms with Crippen molar-refractivity contribution in [3.63, 3.8) is 0 Å². The molecular formula is C58H104O6. The van der Waals surface area contributed by atoms with Crippen molar-refractivity contribution in [2.75, 3.05) is 13.2 Å². The van der Waals surface area contributed by atoms with E-state index in [2.05, 4.69) is 69.4 Å². The highest BCUT2D eigenvalue weighted by Gasteiger charge is 2.19. The molecular weight excluding hydrogens is 793 g/mol. The van der Waals surface area contributed by atoms with E-state index >= 15 is 0 Å². The normalized spacial score (nSPS) is 12.4. The number of ether oxygens (including phenoxy) is 3. The van der Waals surface area contributed by atoms with Crippen molar-refractivity contribution in [2.45, 2.75) is 290 Å². The molecule has 0 saturated heterocycles. The Morgan fingerprint density at radius 2 is 0.609 bits per heavy atom. The molecule has 0 amide bonds. The Bertz CT molecular complexity index is 1120. The van der Waals surface area contributed by atoms with Crippen molar-refractivity contribution in [2.24, 2.45) is 0 Å². The molecule has 0 spiro atoms. The minimum absolute atomic E-state index is 0.0800. The summed E-state index contributed by atoms with van der Waals surface area (Å²) >= 11 is 0. The largest absolute Gasteiger partial charge is 0.462 e. The van der Waals surface area contributed by atoms with Crippen LogP contribution in [-0.4, -0.2) is 37.2 Å². The standard InChI is InChI=1S/C58H104O6/c1-4-7-10-13-16-19-22-25-28-29-31-33-36-39-42-45-48-51-57(60)63-54-55(53-62-56(59)50-47-44-41-38-35-32-27-24-21-18-15-12-9-6-3)64-58(61)52-49-46-43-40-37-34-30-26-23-20-17-14-11-8-5-2/h8,11,17,20,24,26-27,30,55H,4-7,9-10,12-16,18-19,21-23,25,28-29,31-54H2,1-3H3/b11-8+,20-17+,27-24+,30-26+/t55-/m1/s1. The fraction of sp³-hybridized carbons (Fsp3) is 0.810. The summed E-state index contributed by atoms with van der Waals surface area (Å²) in [6, 6.07) is 0. The van der Waals surface area contributed by atoms with E-state index in [1.807, 2.05) is 0 Å². The second-order valence-electron chi connectivity index (χ2n) is 18.5. The Morgan fingerprint density at radius 1 is 0.328 bits per heavy atom. The monoisotopic (exact) mass is 897 g/mol. The van der Waals surface area contributed by atoms with Crippen LogP contribution in [0.2, 0.25) is 0 Å². The lowest BCUT2D eigenvalue weighted by Crippen LogP contribution is -2.30. The van der Waals surface area contributed by atoms with E-state index < -0.39 is 6.10 Å². The summed E-state index contributed by atoms with van der Waals surface area (Å²) in [6.45, 7) is 6.53. The van der Waals surface area contributed by atoms with Gasteiger partial charge in [-0.3, -0.25) is 14.4 Å². The first-order chi connectivity index (χ1) is 31.5. The van der Waals surface area contributed by atoms with Gasteiger partial charge in [-0.2, -0.15) is 0 Å². The molecule has 0 N–H and O–H groups in total. The number of hydrogen-bond donors (Lipinski definition) is 0. The quantitative estimate of drug-likeness (QED) is 0.0262. The topological polar surface area (TPSA) is 78.9 Å². The van der Waals surface area contributed by atoms with Crippen LogP contribution in [0.5, 0.6) is 0 Å². The van der Waals surface area contributed by atoms with Gasteiger partial charge in [-0.15, -0.1) is 0 Å². The highest BCUT2D eigenvalue weighted by atomic mass is 16.6. The Kier molecular flexibility index (Phi) is 50.8. The van der Waals surface area contributed by atoms with Gasteiger partial charge in [-0.1, -0.05) is 236 Å². The molecule has 0 aliphatic heterocycles. The number of hydrogen-bond acceptors (Lipinski definition) is 6. The predicted octanol–water partition coefficient (Wildman–Crippen LogP) is 18.3. The van der Waals surface area contributed by atoms with Crippen LogP contribution in [0.1, 0.15) is 284 Å². The molecule has 0 aliphatic rings. The summed E-state index contributed by atoms with van der Waals surface area (Å²) in [4.78, 5) is 38.1. The fourth-order valence-electron chi connectivity index (χ4n) is 7.92. The Balaban J connectivity index is 4.37. The average Bonchev–Trinajstić information content (AvgIpc) is 3.29. The van der Waals surface area contributed by atoms with E-state index in [4.69, 9.17) is 14.2 Å². The lowest BCUT2D eigenvalue weighted by molar-refractivity contribution is -0.167. The van der Waals surface area contributed by atoms with Gasteiger partial charge in [0.1, 0.15) is 13.2 Å². The molecule has 6 nitrogen and oxygen atoms in total. The van der Waals surface area contributed by atoms with Crippen LogP contribution in [0.25, 0.3) is 0 Å². The van der Waals surface area contributed by atoms with Gasteiger partial charge < -0.3 is 14.2 Å². The molecule has 0 heterocycles. The molecule has 6 heteroatoms. The van der Waals surface area contributed by atoms with Crippen LogP contribution in [0.3, 0.4) is 0 Å². The number of unbranched alkanes of at least 4 members (excludes halogenated alkanes) is 31. The number of carbonyl (C=O) groups excluding carboxylic acids is 3.